The van der Waals surface area contributed by atoms with Crippen molar-refractivity contribution in [1.82, 2.24) is 24.8 Å². The van der Waals surface area contributed by atoms with Crippen molar-refractivity contribution in [3.63, 3.8) is 0 Å². The number of pyridine rings is 1. The Hall–Kier alpha value is -4.79. The second kappa shape index (κ2) is 15.9. The zero-order chi connectivity index (χ0) is 40.7. The number of methoxy groups -OCH3 is 1. The van der Waals surface area contributed by atoms with Crippen LogP contribution in [0.4, 0.5) is 0 Å². The summed E-state index contributed by atoms with van der Waals surface area (Å²) in [5, 5.41) is 2.31. The van der Waals surface area contributed by atoms with E-state index < -0.39 is 68.0 Å². The number of amides is 4. The number of nitrogens with zero attached hydrogens (tertiary/aromatic N) is 3. The van der Waals surface area contributed by atoms with Crippen LogP contribution in [-0.4, -0.2) is 102 Å². The zero-order valence-electron chi connectivity index (χ0n) is 33.1. The van der Waals surface area contributed by atoms with Crippen molar-refractivity contribution < 1.29 is 41.9 Å². The molecular weight excluding hydrogens is 751 g/mol. The lowest BCUT2D eigenvalue weighted by Gasteiger charge is -2.33. The first-order chi connectivity index (χ1) is 27.1. The van der Waals surface area contributed by atoms with Crippen LogP contribution in [0.5, 0.6) is 5.75 Å². The summed E-state index contributed by atoms with van der Waals surface area (Å²) in [5.41, 5.74) is -0.668. The number of hydrogen-bond acceptors (Lipinski definition) is 10. The van der Waals surface area contributed by atoms with Gasteiger partial charge in [-0.2, -0.15) is 0 Å². The average molecular weight is 804 g/mol. The van der Waals surface area contributed by atoms with Crippen molar-refractivity contribution in [2.45, 2.75) is 101 Å². The number of ether oxygens (including phenoxy) is 2. The van der Waals surface area contributed by atoms with Crippen molar-refractivity contribution in [3.05, 3.63) is 60.3 Å². The maximum absolute atomic E-state index is 14.7. The Morgan fingerprint density at radius 1 is 1.00 bits per heavy atom. The summed E-state index contributed by atoms with van der Waals surface area (Å²) in [5.74, 6) is -3.87. The van der Waals surface area contributed by atoms with E-state index in [4.69, 9.17) is 9.47 Å². The fraction of sp³-hybridized carbons (Fsp3) is 0.571. The molecule has 2 aromatic rings. The van der Waals surface area contributed by atoms with Gasteiger partial charge in [0.2, 0.25) is 21.8 Å². The Morgan fingerprint density at radius 3 is 2.51 bits per heavy atom. The van der Waals surface area contributed by atoms with Gasteiger partial charge in [0, 0.05) is 48.9 Å². The lowest BCUT2D eigenvalue weighted by molar-refractivity contribution is -0.159. The zero-order valence-corrected chi connectivity index (χ0v) is 33.9. The van der Waals surface area contributed by atoms with E-state index in [0.717, 1.165) is 18.4 Å². The van der Waals surface area contributed by atoms with Crippen molar-refractivity contribution in [3.8, 4) is 17.0 Å². The van der Waals surface area contributed by atoms with Gasteiger partial charge in [-0.25, -0.2) is 13.4 Å². The van der Waals surface area contributed by atoms with Crippen LogP contribution in [0.25, 0.3) is 11.3 Å². The first-order valence-electron chi connectivity index (χ1n) is 20.1. The molecule has 4 heterocycles. The highest BCUT2D eigenvalue weighted by atomic mass is 32.2. The number of carbonyl (C=O) groups excluding carboxylic acids is 5. The number of sulfonamides is 1. The lowest BCUT2D eigenvalue weighted by atomic mass is 9.92. The molecule has 1 aromatic carbocycles. The molecule has 2 aliphatic carbocycles. The predicted molar refractivity (Wildman–Crippen MR) is 210 cm³/mol. The molecule has 7 rings (SSSR count). The molecule has 4 fully saturated rings. The van der Waals surface area contributed by atoms with E-state index in [1.54, 1.807) is 44.9 Å². The van der Waals surface area contributed by atoms with E-state index in [0.29, 0.717) is 43.5 Å². The van der Waals surface area contributed by atoms with Crippen LogP contribution in [0.15, 0.2) is 54.6 Å². The molecular formula is C42H53N5O9S. The van der Waals surface area contributed by atoms with Crippen molar-refractivity contribution in [2.24, 2.45) is 23.7 Å². The predicted octanol–water partition coefficient (Wildman–Crippen LogP) is 4.01. The van der Waals surface area contributed by atoms with Crippen LogP contribution in [0.3, 0.4) is 0 Å². The molecule has 5 aliphatic rings. The molecule has 0 spiro atoms. The van der Waals surface area contributed by atoms with Crippen molar-refractivity contribution >= 4 is 39.6 Å². The van der Waals surface area contributed by atoms with Gasteiger partial charge in [-0.05, 0) is 83.6 Å². The third kappa shape index (κ3) is 8.87. The van der Waals surface area contributed by atoms with Gasteiger partial charge in [0.25, 0.3) is 11.8 Å². The number of allylic oxidation sites excluding steroid dienone is 1. The van der Waals surface area contributed by atoms with Crippen LogP contribution in [0, 0.1) is 23.7 Å². The highest BCUT2D eigenvalue weighted by Gasteiger charge is 2.63. The Bertz CT molecular complexity index is 2060. The molecule has 14 nitrogen and oxygen atoms in total. The van der Waals surface area contributed by atoms with Gasteiger partial charge in [-0.1, -0.05) is 43.2 Å². The molecule has 2 N–H and O–H groups in total. The van der Waals surface area contributed by atoms with Gasteiger partial charge in [-0.15, -0.1) is 0 Å². The molecule has 306 valence electrons. The first-order valence-corrected chi connectivity index (χ1v) is 21.6. The maximum Gasteiger partial charge on any atom is 0.307 e. The third-order valence-corrected chi connectivity index (χ3v) is 13.6. The summed E-state index contributed by atoms with van der Waals surface area (Å²) in [7, 11) is -2.33. The topological polar surface area (TPSA) is 181 Å². The number of likely N-dealkylation sites (tertiary alicyclic amines) is 1. The lowest BCUT2D eigenvalue weighted by Crippen LogP contribution is -2.58. The Balaban J connectivity index is 1.18. The first kappa shape index (κ1) is 40.4. The molecule has 57 heavy (non-hydrogen) atoms. The van der Waals surface area contributed by atoms with E-state index in [-0.39, 0.29) is 55.9 Å². The Kier molecular flexibility index (Phi) is 11.2. The van der Waals surface area contributed by atoms with Gasteiger partial charge in [0.1, 0.15) is 28.6 Å². The second-order valence-corrected chi connectivity index (χ2v) is 19.2. The van der Waals surface area contributed by atoms with Crippen LogP contribution in [0.2, 0.25) is 0 Å². The highest BCUT2D eigenvalue weighted by Crippen LogP contribution is 2.47. The van der Waals surface area contributed by atoms with Crippen molar-refractivity contribution in [1.29, 1.82) is 0 Å². The molecule has 2 saturated carbocycles. The summed E-state index contributed by atoms with van der Waals surface area (Å²) in [4.78, 5) is 78.3. The molecule has 0 unspecified atom stereocenters. The second-order valence-electron chi connectivity index (χ2n) is 17.2. The summed E-state index contributed by atoms with van der Waals surface area (Å²) < 4.78 is 39.1. The van der Waals surface area contributed by atoms with Crippen LogP contribution in [0.1, 0.15) is 89.0 Å². The maximum atomic E-state index is 14.7. The van der Waals surface area contributed by atoms with E-state index >= 15 is 0 Å². The molecule has 1 aromatic heterocycles. The standard InChI is InChI=1S/C42H53N5O9S/c1-41(2,3)56-35(48)21-27-12-8-6-5-7-9-14-29-22-42(29,40(52)45-57(53,54)31-18-19-31)44-37(49)36-32-25-46(23-28(32)24-47(36)38(27)50)39(51)34-17-11-16-33(43-34)26-13-10-15-30(20-26)55-4/h9-11,13-17,20,27-29,31-32,36H,5-8,12,18-19,21-25H2,1-4H3,(H,44,49)(H,45,52)/b14-9-/t27-,28-,29+,32-,36-,42+/m0/s1. The van der Waals surface area contributed by atoms with E-state index in [9.17, 15) is 32.4 Å². The van der Waals surface area contributed by atoms with Gasteiger partial charge in [0.05, 0.1) is 24.5 Å². The van der Waals surface area contributed by atoms with Crippen molar-refractivity contribution in [2.75, 3.05) is 26.7 Å². The minimum atomic E-state index is -3.91. The minimum absolute atomic E-state index is 0.145. The number of nitrogens with one attached hydrogen (secondary N) is 2. The number of carbonyl (C=O) groups is 5. The minimum Gasteiger partial charge on any atom is -0.497 e. The normalized spacial score (nSPS) is 28.5. The number of aromatic nitrogens is 1. The highest BCUT2D eigenvalue weighted by molar-refractivity contribution is 7.91. The quantitative estimate of drug-likeness (QED) is 0.293. The average Bonchev–Trinajstić information content (AvgIpc) is 4.06. The van der Waals surface area contributed by atoms with Gasteiger partial charge in [0.15, 0.2) is 0 Å². The number of benzene rings is 1. The van der Waals surface area contributed by atoms with E-state index in [1.807, 2.05) is 42.5 Å². The fourth-order valence-corrected chi connectivity index (χ4v) is 9.98. The van der Waals surface area contributed by atoms with Gasteiger partial charge < -0.3 is 24.6 Å². The smallest absolute Gasteiger partial charge is 0.307 e. The molecule has 0 bridgehead atoms. The molecule has 2 saturated heterocycles. The number of fused-ring (bicyclic) bond motifs is 4. The SMILES string of the molecule is COc1cccc(-c2cccc(C(=O)N3C[C@H]4CN5C(=O)[C@H](CC(=O)OC(C)(C)C)CCCCC/C=C\[C@@H]6C[C@@]6(C(=O)NS(=O)(=O)C6CC6)NC(=O)[C@@H]5[C@H]4C3)n2)c1. The fourth-order valence-electron chi connectivity index (χ4n) is 8.61. The summed E-state index contributed by atoms with van der Waals surface area (Å²) in [6.45, 7) is 5.86. The molecule has 15 heteroatoms. The Morgan fingerprint density at radius 2 is 1.77 bits per heavy atom. The van der Waals surface area contributed by atoms with Gasteiger partial charge >= 0.3 is 5.97 Å². The molecule has 3 aliphatic heterocycles. The number of rotatable bonds is 8. The third-order valence-electron chi connectivity index (χ3n) is 11.8. The molecule has 4 amide bonds. The summed E-state index contributed by atoms with van der Waals surface area (Å²) in [6.07, 6.45) is 8.25. The number of hydrogen-bond donors (Lipinski definition) is 2. The largest absolute Gasteiger partial charge is 0.497 e. The summed E-state index contributed by atoms with van der Waals surface area (Å²) >= 11 is 0. The van der Waals surface area contributed by atoms with Gasteiger partial charge in [-0.3, -0.25) is 28.7 Å². The molecule has 6 atom stereocenters. The van der Waals surface area contributed by atoms with E-state index in [2.05, 4.69) is 15.0 Å². The number of esters is 1. The van der Waals surface area contributed by atoms with Crippen LogP contribution >= 0.6 is 0 Å². The summed E-state index contributed by atoms with van der Waals surface area (Å²) in [6, 6.07) is 11.5. The Labute approximate surface area is 334 Å². The van der Waals surface area contributed by atoms with E-state index in [1.165, 1.54) is 4.90 Å². The monoisotopic (exact) mass is 803 g/mol. The van der Waals surface area contributed by atoms with Crippen LogP contribution < -0.4 is 14.8 Å². The molecule has 0 radical (unpaired) electrons. The van der Waals surface area contributed by atoms with Crippen LogP contribution in [-0.2, 0) is 33.9 Å².